The van der Waals surface area contributed by atoms with E-state index in [2.05, 4.69) is 10.9 Å². The van der Waals surface area contributed by atoms with Crippen molar-refractivity contribution < 1.29 is 23.8 Å². The van der Waals surface area contributed by atoms with Gasteiger partial charge in [-0.05, 0) is 62.4 Å². The van der Waals surface area contributed by atoms with Gasteiger partial charge in [-0.15, -0.1) is 0 Å². The number of halogens is 1. The molecule has 0 aliphatic carbocycles. The molecule has 8 heteroatoms. The van der Waals surface area contributed by atoms with Gasteiger partial charge >= 0.3 is 0 Å². The smallest absolute Gasteiger partial charge is 0.281 e. The van der Waals surface area contributed by atoms with Crippen molar-refractivity contribution in [3.8, 4) is 17.2 Å². The Morgan fingerprint density at radius 2 is 1.48 bits per heavy atom. The molecule has 27 heavy (non-hydrogen) atoms. The first kappa shape index (κ1) is 20.4. The first-order chi connectivity index (χ1) is 12.8. The molecule has 2 N–H and O–H groups in total. The SMILES string of the molecule is COc1ccc(OCC(=O)NNC(=O)C(C)(C)Oc2ccc(Cl)cc2)cc1. The van der Waals surface area contributed by atoms with Gasteiger partial charge in [-0.25, -0.2) is 0 Å². The average Bonchev–Trinajstić information content (AvgIpc) is 2.66. The van der Waals surface area contributed by atoms with Crippen LogP contribution in [0, 0.1) is 0 Å². The van der Waals surface area contributed by atoms with Gasteiger partial charge in [0.1, 0.15) is 17.2 Å². The molecule has 2 rings (SSSR count). The Bertz CT molecular complexity index is 776. The van der Waals surface area contributed by atoms with E-state index in [4.69, 9.17) is 25.8 Å². The van der Waals surface area contributed by atoms with E-state index in [9.17, 15) is 9.59 Å². The predicted molar refractivity (Wildman–Crippen MR) is 101 cm³/mol. The summed E-state index contributed by atoms with van der Waals surface area (Å²) in [6, 6.07) is 13.4. The molecule has 2 amide bonds. The number of rotatable bonds is 7. The molecular weight excluding hydrogens is 372 g/mol. The summed E-state index contributed by atoms with van der Waals surface area (Å²) in [7, 11) is 1.56. The highest BCUT2D eigenvalue weighted by Crippen LogP contribution is 2.21. The van der Waals surface area contributed by atoms with Crippen LogP contribution in [0.4, 0.5) is 0 Å². The summed E-state index contributed by atoms with van der Waals surface area (Å²) in [6.07, 6.45) is 0. The van der Waals surface area contributed by atoms with Crippen molar-refractivity contribution in [2.24, 2.45) is 0 Å². The van der Waals surface area contributed by atoms with E-state index in [0.717, 1.165) is 0 Å². The maximum Gasteiger partial charge on any atom is 0.281 e. The maximum atomic E-state index is 12.3. The van der Waals surface area contributed by atoms with Crippen molar-refractivity contribution in [3.63, 3.8) is 0 Å². The number of hydrogen-bond acceptors (Lipinski definition) is 5. The lowest BCUT2D eigenvalue weighted by atomic mass is 10.1. The molecule has 0 aliphatic heterocycles. The van der Waals surface area contributed by atoms with Gasteiger partial charge in [-0.2, -0.15) is 0 Å². The summed E-state index contributed by atoms with van der Waals surface area (Å²) < 4.78 is 16.0. The molecule has 0 unspecified atom stereocenters. The second kappa shape index (κ2) is 9.14. The number of amides is 2. The topological polar surface area (TPSA) is 85.9 Å². The first-order valence-electron chi connectivity index (χ1n) is 8.11. The minimum Gasteiger partial charge on any atom is -0.497 e. The third-order valence-electron chi connectivity index (χ3n) is 3.48. The Labute approximate surface area is 162 Å². The normalized spacial score (nSPS) is 10.7. The van der Waals surface area contributed by atoms with Crippen LogP contribution in [0.3, 0.4) is 0 Å². The Morgan fingerprint density at radius 3 is 2.07 bits per heavy atom. The zero-order valence-electron chi connectivity index (χ0n) is 15.2. The first-order valence-corrected chi connectivity index (χ1v) is 8.48. The van der Waals surface area contributed by atoms with E-state index in [1.54, 1.807) is 69.5 Å². The van der Waals surface area contributed by atoms with Gasteiger partial charge in [0.25, 0.3) is 11.8 Å². The van der Waals surface area contributed by atoms with Crippen molar-refractivity contribution in [1.29, 1.82) is 0 Å². The molecule has 0 spiro atoms. The largest absolute Gasteiger partial charge is 0.497 e. The zero-order valence-corrected chi connectivity index (χ0v) is 16.0. The summed E-state index contributed by atoms with van der Waals surface area (Å²) in [5.41, 5.74) is 3.40. The third kappa shape index (κ3) is 6.38. The summed E-state index contributed by atoms with van der Waals surface area (Å²) >= 11 is 5.82. The lowest BCUT2D eigenvalue weighted by Gasteiger charge is -2.25. The molecule has 144 valence electrons. The summed E-state index contributed by atoms with van der Waals surface area (Å²) in [5.74, 6) is 0.635. The molecule has 0 heterocycles. The molecule has 0 aromatic heterocycles. The quantitative estimate of drug-likeness (QED) is 0.707. The van der Waals surface area contributed by atoms with Gasteiger partial charge < -0.3 is 14.2 Å². The molecule has 0 atom stereocenters. The molecule has 0 bridgehead atoms. The van der Waals surface area contributed by atoms with Crippen LogP contribution >= 0.6 is 11.6 Å². The molecule has 0 aliphatic rings. The number of benzene rings is 2. The number of carbonyl (C=O) groups is 2. The standard InChI is InChI=1S/C19H21ClN2O5/c1-19(2,27-16-6-4-13(20)5-7-16)18(24)22-21-17(23)12-26-15-10-8-14(25-3)9-11-15/h4-11H,12H2,1-3H3,(H,21,23)(H,22,24). The van der Waals surface area contributed by atoms with Crippen molar-refractivity contribution >= 4 is 23.4 Å². The number of hydrazine groups is 1. The van der Waals surface area contributed by atoms with Crippen LogP contribution in [0.2, 0.25) is 5.02 Å². The number of carbonyl (C=O) groups excluding carboxylic acids is 2. The van der Waals surface area contributed by atoms with Gasteiger partial charge in [-0.3, -0.25) is 20.4 Å². The van der Waals surface area contributed by atoms with Crippen LogP contribution < -0.4 is 25.1 Å². The summed E-state index contributed by atoms with van der Waals surface area (Å²) in [6.45, 7) is 2.90. The monoisotopic (exact) mass is 392 g/mol. The molecule has 0 radical (unpaired) electrons. The molecular formula is C19H21ClN2O5. The van der Waals surface area contributed by atoms with Crippen LogP contribution in [-0.4, -0.2) is 31.1 Å². The third-order valence-corrected chi connectivity index (χ3v) is 3.73. The minimum atomic E-state index is -1.21. The van der Waals surface area contributed by atoms with Gasteiger partial charge in [0.2, 0.25) is 0 Å². The van der Waals surface area contributed by atoms with Crippen LogP contribution in [0.5, 0.6) is 17.2 Å². The van der Waals surface area contributed by atoms with Crippen LogP contribution in [0.25, 0.3) is 0 Å². The highest BCUT2D eigenvalue weighted by Gasteiger charge is 2.30. The van der Waals surface area contributed by atoms with E-state index in [1.807, 2.05) is 0 Å². The molecule has 2 aromatic rings. The van der Waals surface area contributed by atoms with E-state index in [0.29, 0.717) is 22.3 Å². The second-order valence-electron chi connectivity index (χ2n) is 6.03. The van der Waals surface area contributed by atoms with Crippen LogP contribution in [0.1, 0.15) is 13.8 Å². The fourth-order valence-electron chi connectivity index (χ4n) is 1.98. The Kier molecular flexibility index (Phi) is 6.90. The maximum absolute atomic E-state index is 12.3. The van der Waals surface area contributed by atoms with Gasteiger partial charge in [0, 0.05) is 5.02 Å². The molecule has 7 nitrogen and oxygen atoms in total. The Balaban J connectivity index is 1.78. The van der Waals surface area contributed by atoms with Gasteiger partial charge in [0.15, 0.2) is 12.2 Å². The number of nitrogens with one attached hydrogen (secondary N) is 2. The van der Waals surface area contributed by atoms with Crippen molar-refractivity contribution in [2.45, 2.75) is 19.4 Å². The minimum absolute atomic E-state index is 0.259. The van der Waals surface area contributed by atoms with Crippen molar-refractivity contribution in [2.75, 3.05) is 13.7 Å². The average molecular weight is 393 g/mol. The zero-order chi connectivity index (χ0) is 19.9. The van der Waals surface area contributed by atoms with Gasteiger partial charge in [0.05, 0.1) is 7.11 Å². The van der Waals surface area contributed by atoms with E-state index >= 15 is 0 Å². The molecule has 0 fully saturated rings. The highest BCUT2D eigenvalue weighted by atomic mass is 35.5. The number of ether oxygens (including phenoxy) is 3. The van der Waals surface area contributed by atoms with Crippen molar-refractivity contribution in [1.82, 2.24) is 10.9 Å². The van der Waals surface area contributed by atoms with Gasteiger partial charge in [-0.1, -0.05) is 11.6 Å². The van der Waals surface area contributed by atoms with E-state index in [-0.39, 0.29) is 6.61 Å². The number of methoxy groups -OCH3 is 1. The second-order valence-corrected chi connectivity index (χ2v) is 6.47. The highest BCUT2D eigenvalue weighted by molar-refractivity contribution is 6.30. The molecule has 0 saturated carbocycles. The molecule has 0 saturated heterocycles. The lowest BCUT2D eigenvalue weighted by Crippen LogP contribution is -2.53. The van der Waals surface area contributed by atoms with Crippen molar-refractivity contribution in [3.05, 3.63) is 53.6 Å². The Morgan fingerprint density at radius 1 is 0.926 bits per heavy atom. The molecule has 2 aromatic carbocycles. The fourth-order valence-corrected chi connectivity index (χ4v) is 2.10. The van der Waals surface area contributed by atoms with Crippen LogP contribution in [0.15, 0.2) is 48.5 Å². The summed E-state index contributed by atoms with van der Waals surface area (Å²) in [4.78, 5) is 24.1. The number of hydrogen-bond donors (Lipinski definition) is 2. The Hall–Kier alpha value is -2.93. The van der Waals surface area contributed by atoms with E-state index in [1.165, 1.54) is 0 Å². The fraction of sp³-hybridized carbons (Fsp3) is 0.263. The predicted octanol–water partition coefficient (Wildman–Crippen LogP) is 2.73. The summed E-state index contributed by atoms with van der Waals surface area (Å²) in [5, 5.41) is 0.564. The van der Waals surface area contributed by atoms with E-state index < -0.39 is 17.4 Å². The lowest BCUT2D eigenvalue weighted by molar-refractivity contribution is -0.138. The van der Waals surface area contributed by atoms with Crippen LogP contribution in [-0.2, 0) is 9.59 Å².